The molecular weight excluding hydrogens is 238 g/mol. The third kappa shape index (κ3) is 2.41. The molecule has 1 heterocycles. The van der Waals surface area contributed by atoms with Crippen LogP contribution in [0.1, 0.15) is 16.8 Å². The number of aromatic carboxylic acids is 1. The van der Waals surface area contributed by atoms with Gasteiger partial charge in [0.1, 0.15) is 11.0 Å². The molecular formula is C11H13N3O2S. The van der Waals surface area contributed by atoms with Gasteiger partial charge in [0.25, 0.3) is 0 Å². The lowest BCUT2D eigenvalue weighted by Crippen LogP contribution is -2.06. The van der Waals surface area contributed by atoms with Crippen molar-refractivity contribution in [3.63, 3.8) is 0 Å². The number of aromatic nitrogens is 3. The second kappa shape index (κ2) is 5.18. The van der Waals surface area contributed by atoms with Gasteiger partial charge >= 0.3 is 5.97 Å². The number of rotatable bonds is 5. The highest BCUT2D eigenvalue weighted by Crippen LogP contribution is 2.17. The minimum absolute atomic E-state index is 0.261. The standard InChI is InChI=1S/C11H13N3O2S/c1-17-7-3-6-14-10-8(11(15)16)4-2-5-9(10)12-13-14/h2,4-5H,3,6-7H2,1H3,(H,15,16). The lowest BCUT2D eigenvalue weighted by molar-refractivity contribution is 0.0698. The summed E-state index contributed by atoms with van der Waals surface area (Å²) in [4.78, 5) is 11.1. The number of aryl methyl sites for hydroxylation is 1. The van der Waals surface area contributed by atoms with Gasteiger partial charge in [-0.05, 0) is 30.6 Å². The number of benzene rings is 1. The molecule has 2 rings (SSSR count). The quantitative estimate of drug-likeness (QED) is 0.822. The molecule has 1 aromatic heterocycles. The van der Waals surface area contributed by atoms with Crippen LogP contribution in [0.5, 0.6) is 0 Å². The van der Waals surface area contributed by atoms with Gasteiger partial charge in [0.2, 0.25) is 0 Å². The molecule has 2 aromatic rings. The predicted molar refractivity (Wildman–Crippen MR) is 67.5 cm³/mol. The first-order chi connectivity index (χ1) is 8.24. The van der Waals surface area contributed by atoms with E-state index < -0.39 is 5.97 Å². The second-order valence-electron chi connectivity index (χ2n) is 3.64. The molecule has 0 fully saturated rings. The van der Waals surface area contributed by atoms with Crippen LogP contribution in [0.3, 0.4) is 0 Å². The van der Waals surface area contributed by atoms with E-state index in [0.717, 1.165) is 12.2 Å². The van der Waals surface area contributed by atoms with Crippen LogP contribution in [0, 0.1) is 0 Å². The molecule has 1 aromatic carbocycles. The third-order valence-corrected chi connectivity index (χ3v) is 3.18. The first kappa shape index (κ1) is 11.9. The number of nitrogens with zero attached hydrogens (tertiary/aromatic N) is 3. The van der Waals surface area contributed by atoms with Crippen LogP contribution in [-0.4, -0.2) is 38.1 Å². The first-order valence-electron chi connectivity index (χ1n) is 5.28. The van der Waals surface area contributed by atoms with Gasteiger partial charge in [0, 0.05) is 6.54 Å². The highest BCUT2D eigenvalue weighted by atomic mass is 32.2. The number of carboxylic acid groups (broad SMARTS) is 1. The second-order valence-corrected chi connectivity index (χ2v) is 4.62. The van der Waals surface area contributed by atoms with Crippen molar-refractivity contribution in [2.75, 3.05) is 12.0 Å². The average Bonchev–Trinajstić information content (AvgIpc) is 2.73. The molecule has 0 saturated carbocycles. The number of para-hydroxylation sites is 1. The maximum atomic E-state index is 11.1. The van der Waals surface area contributed by atoms with Gasteiger partial charge in [-0.3, -0.25) is 0 Å². The maximum Gasteiger partial charge on any atom is 0.337 e. The molecule has 1 N–H and O–H groups in total. The number of carbonyl (C=O) groups is 1. The molecule has 0 aliphatic heterocycles. The van der Waals surface area contributed by atoms with E-state index in [-0.39, 0.29) is 5.56 Å². The van der Waals surface area contributed by atoms with Crippen LogP contribution in [0.15, 0.2) is 18.2 Å². The van der Waals surface area contributed by atoms with Crippen LogP contribution in [0.2, 0.25) is 0 Å². The predicted octanol–water partition coefficient (Wildman–Crippen LogP) is 1.88. The normalized spacial score (nSPS) is 10.9. The fraction of sp³-hybridized carbons (Fsp3) is 0.364. The van der Waals surface area contributed by atoms with Crippen LogP contribution >= 0.6 is 11.8 Å². The van der Waals surface area contributed by atoms with Gasteiger partial charge in [-0.25, -0.2) is 9.48 Å². The Balaban J connectivity index is 2.39. The summed E-state index contributed by atoms with van der Waals surface area (Å²) in [5, 5.41) is 17.1. The minimum Gasteiger partial charge on any atom is -0.478 e. The number of hydrogen-bond acceptors (Lipinski definition) is 4. The van der Waals surface area contributed by atoms with Crippen molar-refractivity contribution < 1.29 is 9.90 Å². The average molecular weight is 251 g/mol. The zero-order valence-corrected chi connectivity index (χ0v) is 10.3. The summed E-state index contributed by atoms with van der Waals surface area (Å²) in [6.45, 7) is 0.696. The van der Waals surface area contributed by atoms with Crippen molar-refractivity contribution in [2.24, 2.45) is 0 Å². The smallest absolute Gasteiger partial charge is 0.337 e. The minimum atomic E-state index is -0.941. The van der Waals surface area contributed by atoms with Crippen molar-refractivity contribution in [3.8, 4) is 0 Å². The van der Waals surface area contributed by atoms with Gasteiger partial charge in [-0.1, -0.05) is 11.3 Å². The van der Waals surface area contributed by atoms with E-state index in [1.165, 1.54) is 0 Å². The lowest BCUT2D eigenvalue weighted by atomic mass is 10.2. The topological polar surface area (TPSA) is 68.0 Å². The Morgan fingerprint density at radius 3 is 3.06 bits per heavy atom. The molecule has 0 radical (unpaired) electrons. The number of thioether (sulfide) groups is 1. The molecule has 0 bridgehead atoms. The van der Waals surface area contributed by atoms with E-state index in [1.54, 1.807) is 34.6 Å². The highest BCUT2D eigenvalue weighted by molar-refractivity contribution is 7.98. The zero-order valence-electron chi connectivity index (χ0n) is 9.46. The molecule has 0 atom stereocenters. The SMILES string of the molecule is CSCCCn1nnc2cccc(C(=O)O)c21. The molecule has 0 amide bonds. The van der Waals surface area contributed by atoms with E-state index in [0.29, 0.717) is 17.6 Å². The summed E-state index contributed by atoms with van der Waals surface area (Å²) in [5.41, 5.74) is 1.51. The fourth-order valence-corrected chi connectivity index (χ4v) is 2.14. The van der Waals surface area contributed by atoms with E-state index in [9.17, 15) is 4.79 Å². The number of hydrogen-bond donors (Lipinski definition) is 1. The Hall–Kier alpha value is -1.56. The Bertz CT molecular complexity index is 538. The van der Waals surface area contributed by atoms with Crippen LogP contribution in [0.25, 0.3) is 11.0 Å². The monoisotopic (exact) mass is 251 g/mol. The molecule has 0 aliphatic rings. The fourth-order valence-electron chi connectivity index (χ4n) is 1.72. The molecule has 5 nitrogen and oxygen atoms in total. The van der Waals surface area contributed by atoms with E-state index >= 15 is 0 Å². The van der Waals surface area contributed by atoms with Crippen LogP contribution in [0.4, 0.5) is 0 Å². The zero-order chi connectivity index (χ0) is 12.3. The third-order valence-electron chi connectivity index (χ3n) is 2.48. The molecule has 0 saturated heterocycles. The van der Waals surface area contributed by atoms with Crippen molar-refractivity contribution in [2.45, 2.75) is 13.0 Å². The molecule has 0 aliphatic carbocycles. The van der Waals surface area contributed by atoms with E-state index in [1.807, 2.05) is 6.26 Å². The number of carboxylic acids is 1. The summed E-state index contributed by atoms with van der Waals surface area (Å²) < 4.78 is 1.68. The summed E-state index contributed by atoms with van der Waals surface area (Å²) in [7, 11) is 0. The number of fused-ring (bicyclic) bond motifs is 1. The van der Waals surface area contributed by atoms with E-state index in [2.05, 4.69) is 10.3 Å². The molecule has 0 spiro atoms. The maximum absolute atomic E-state index is 11.1. The molecule has 17 heavy (non-hydrogen) atoms. The summed E-state index contributed by atoms with van der Waals surface area (Å²) >= 11 is 1.76. The van der Waals surface area contributed by atoms with Crippen LogP contribution in [-0.2, 0) is 6.54 Å². The lowest BCUT2D eigenvalue weighted by Gasteiger charge is -2.03. The molecule has 6 heteroatoms. The highest BCUT2D eigenvalue weighted by Gasteiger charge is 2.13. The van der Waals surface area contributed by atoms with Crippen molar-refractivity contribution in [1.29, 1.82) is 0 Å². The van der Waals surface area contributed by atoms with Crippen molar-refractivity contribution in [1.82, 2.24) is 15.0 Å². The Kier molecular flexibility index (Phi) is 3.63. The van der Waals surface area contributed by atoms with E-state index in [4.69, 9.17) is 5.11 Å². The van der Waals surface area contributed by atoms with Gasteiger partial charge in [0.05, 0.1) is 5.56 Å². The van der Waals surface area contributed by atoms with Gasteiger partial charge in [0.15, 0.2) is 0 Å². The Morgan fingerprint density at radius 1 is 1.53 bits per heavy atom. The van der Waals surface area contributed by atoms with Gasteiger partial charge in [-0.15, -0.1) is 5.10 Å². The molecule has 0 unspecified atom stereocenters. The van der Waals surface area contributed by atoms with Crippen molar-refractivity contribution in [3.05, 3.63) is 23.8 Å². The van der Waals surface area contributed by atoms with Gasteiger partial charge < -0.3 is 5.11 Å². The molecule has 90 valence electrons. The van der Waals surface area contributed by atoms with Crippen molar-refractivity contribution >= 4 is 28.8 Å². The Labute approximate surface area is 103 Å². The largest absolute Gasteiger partial charge is 0.478 e. The summed E-state index contributed by atoms with van der Waals surface area (Å²) in [6, 6.07) is 5.05. The summed E-state index contributed by atoms with van der Waals surface area (Å²) in [5.74, 6) is 0.0837. The summed E-state index contributed by atoms with van der Waals surface area (Å²) in [6.07, 6.45) is 3.00. The van der Waals surface area contributed by atoms with Crippen LogP contribution < -0.4 is 0 Å². The Morgan fingerprint density at radius 2 is 2.35 bits per heavy atom. The van der Waals surface area contributed by atoms with Gasteiger partial charge in [-0.2, -0.15) is 11.8 Å². The first-order valence-corrected chi connectivity index (χ1v) is 6.68.